The quantitative estimate of drug-likeness (QED) is 0.882. The van der Waals surface area contributed by atoms with Gasteiger partial charge in [-0.3, -0.25) is 4.98 Å². The van der Waals surface area contributed by atoms with Gasteiger partial charge in [-0.2, -0.15) is 0 Å². The van der Waals surface area contributed by atoms with Crippen molar-refractivity contribution in [1.82, 2.24) is 15.3 Å². The second-order valence-corrected chi connectivity index (χ2v) is 5.25. The zero-order valence-corrected chi connectivity index (χ0v) is 11.0. The van der Waals surface area contributed by atoms with Crippen molar-refractivity contribution in [2.24, 2.45) is 0 Å². The van der Waals surface area contributed by atoms with Crippen molar-refractivity contribution in [2.45, 2.75) is 32.9 Å². The first-order valence-electron chi connectivity index (χ1n) is 5.79. The maximum Gasteiger partial charge on any atom is 0.0973 e. The third-order valence-electron chi connectivity index (χ3n) is 2.37. The zero-order chi connectivity index (χ0) is 12.1. The molecule has 0 saturated heterocycles. The molecule has 2 aromatic rings. The molecule has 90 valence electrons. The highest BCUT2D eigenvalue weighted by molar-refractivity contribution is 7.09. The molecule has 0 unspecified atom stereocenters. The van der Waals surface area contributed by atoms with Crippen LogP contribution < -0.4 is 5.32 Å². The first-order valence-corrected chi connectivity index (χ1v) is 6.67. The molecule has 17 heavy (non-hydrogen) atoms. The van der Waals surface area contributed by atoms with Crippen molar-refractivity contribution in [2.75, 3.05) is 0 Å². The number of rotatable bonds is 5. The predicted molar refractivity (Wildman–Crippen MR) is 71.1 cm³/mol. The van der Waals surface area contributed by atoms with Gasteiger partial charge in [0, 0.05) is 36.8 Å². The summed E-state index contributed by atoms with van der Waals surface area (Å²) in [4.78, 5) is 8.72. The molecular weight excluding hydrogens is 230 g/mol. The molecule has 0 aromatic carbocycles. The van der Waals surface area contributed by atoms with Crippen LogP contribution in [-0.4, -0.2) is 16.0 Å². The van der Waals surface area contributed by atoms with Gasteiger partial charge in [-0.25, -0.2) is 4.98 Å². The molecule has 0 bridgehead atoms. The van der Waals surface area contributed by atoms with E-state index in [9.17, 15) is 0 Å². The first-order chi connectivity index (χ1) is 8.24. The summed E-state index contributed by atoms with van der Waals surface area (Å²) in [6, 6.07) is 4.54. The van der Waals surface area contributed by atoms with E-state index in [1.807, 2.05) is 12.3 Å². The average molecular weight is 247 g/mol. The summed E-state index contributed by atoms with van der Waals surface area (Å²) in [5.41, 5.74) is 2.34. The van der Waals surface area contributed by atoms with E-state index in [0.29, 0.717) is 6.04 Å². The van der Waals surface area contributed by atoms with Crippen LogP contribution in [0.1, 0.15) is 30.1 Å². The molecule has 0 atom stereocenters. The molecule has 0 saturated carbocycles. The summed E-state index contributed by atoms with van der Waals surface area (Å²) >= 11 is 1.72. The van der Waals surface area contributed by atoms with E-state index in [2.05, 4.69) is 40.6 Å². The van der Waals surface area contributed by atoms with Gasteiger partial charge in [0.15, 0.2) is 0 Å². The summed E-state index contributed by atoms with van der Waals surface area (Å²) in [5.74, 6) is 0. The molecule has 2 aromatic heterocycles. The second kappa shape index (κ2) is 5.89. The topological polar surface area (TPSA) is 37.8 Å². The molecule has 0 aliphatic carbocycles. The molecule has 0 fully saturated rings. The number of thiazole rings is 1. The fraction of sp³-hybridized carbons (Fsp3) is 0.385. The van der Waals surface area contributed by atoms with Crippen molar-refractivity contribution < 1.29 is 0 Å². The number of hydrogen-bond acceptors (Lipinski definition) is 4. The molecule has 0 spiro atoms. The molecule has 3 nitrogen and oxygen atoms in total. The Bertz CT molecular complexity index is 451. The Kier molecular flexibility index (Phi) is 4.23. The third kappa shape index (κ3) is 3.91. The van der Waals surface area contributed by atoms with Gasteiger partial charge >= 0.3 is 0 Å². The van der Waals surface area contributed by atoms with Gasteiger partial charge in [-0.15, -0.1) is 11.3 Å². The number of nitrogens with zero attached hydrogens (tertiary/aromatic N) is 2. The fourth-order valence-electron chi connectivity index (χ4n) is 1.50. The van der Waals surface area contributed by atoms with Gasteiger partial charge in [-0.1, -0.05) is 19.9 Å². The largest absolute Gasteiger partial charge is 0.309 e. The van der Waals surface area contributed by atoms with Crippen LogP contribution in [0, 0.1) is 0 Å². The minimum Gasteiger partial charge on any atom is -0.309 e. The van der Waals surface area contributed by atoms with Crippen molar-refractivity contribution in [3.63, 3.8) is 0 Å². The van der Waals surface area contributed by atoms with Crippen LogP contribution >= 0.6 is 11.3 Å². The van der Waals surface area contributed by atoms with Gasteiger partial charge in [0.2, 0.25) is 0 Å². The van der Waals surface area contributed by atoms with E-state index >= 15 is 0 Å². The summed E-state index contributed by atoms with van der Waals surface area (Å²) in [7, 11) is 0. The molecule has 0 radical (unpaired) electrons. The summed E-state index contributed by atoms with van der Waals surface area (Å²) in [5, 5.41) is 6.65. The standard InChI is InChI=1S/C13H17N3S/c1-10(2)15-8-12-9-17-13(16-12)6-11-4-3-5-14-7-11/h3-5,7,9-10,15H,6,8H2,1-2H3. The average Bonchev–Trinajstić information content (AvgIpc) is 2.75. The summed E-state index contributed by atoms with van der Waals surface area (Å²) in [6.45, 7) is 5.13. The van der Waals surface area contributed by atoms with Crippen LogP contribution in [-0.2, 0) is 13.0 Å². The molecular formula is C13H17N3S. The van der Waals surface area contributed by atoms with Crippen LogP contribution in [0.4, 0.5) is 0 Å². The van der Waals surface area contributed by atoms with Crippen LogP contribution in [0.25, 0.3) is 0 Å². The zero-order valence-electron chi connectivity index (χ0n) is 10.2. The maximum absolute atomic E-state index is 4.61. The Hall–Kier alpha value is -1.26. The smallest absolute Gasteiger partial charge is 0.0973 e. The van der Waals surface area contributed by atoms with E-state index in [-0.39, 0.29) is 0 Å². The Morgan fingerprint density at radius 1 is 1.41 bits per heavy atom. The SMILES string of the molecule is CC(C)NCc1csc(Cc2cccnc2)n1. The van der Waals surface area contributed by atoms with Crippen molar-refractivity contribution in [3.8, 4) is 0 Å². The molecule has 4 heteroatoms. The minimum atomic E-state index is 0.499. The lowest BCUT2D eigenvalue weighted by atomic mass is 10.2. The lowest BCUT2D eigenvalue weighted by molar-refractivity contribution is 0.582. The molecule has 0 aliphatic rings. The Morgan fingerprint density at radius 3 is 3.00 bits per heavy atom. The Balaban J connectivity index is 1.94. The molecule has 1 N–H and O–H groups in total. The Labute approximate surface area is 106 Å². The lowest BCUT2D eigenvalue weighted by Crippen LogP contribution is -2.21. The molecule has 2 heterocycles. The van der Waals surface area contributed by atoms with Crippen molar-refractivity contribution >= 4 is 11.3 Å². The lowest BCUT2D eigenvalue weighted by Gasteiger charge is -2.04. The van der Waals surface area contributed by atoms with Crippen LogP contribution in [0.2, 0.25) is 0 Å². The van der Waals surface area contributed by atoms with E-state index < -0.39 is 0 Å². The number of pyridine rings is 1. The van der Waals surface area contributed by atoms with Gasteiger partial charge in [0.1, 0.15) is 0 Å². The van der Waals surface area contributed by atoms with E-state index in [1.165, 1.54) is 5.56 Å². The number of hydrogen-bond donors (Lipinski definition) is 1. The summed E-state index contributed by atoms with van der Waals surface area (Å²) < 4.78 is 0. The number of nitrogens with one attached hydrogen (secondary N) is 1. The highest BCUT2D eigenvalue weighted by Gasteiger charge is 2.03. The second-order valence-electron chi connectivity index (χ2n) is 4.31. The first kappa shape index (κ1) is 12.2. The van der Waals surface area contributed by atoms with Crippen LogP contribution in [0.5, 0.6) is 0 Å². The minimum absolute atomic E-state index is 0.499. The normalized spacial score (nSPS) is 11.0. The number of aromatic nitrogens is 2. The Morgan fingerprint density at radius 2 is 2.29 bits per heavy atom. The van der Waals surface area contributed by atoms with E-state index in [4.69, 9.17) is 0 Å². The maximum atomic E-state index is 4.61. The molecule has 0 amide bonds. The molecule has 0 aliphatic heterocycles. The van der Waals surface area contributed by atoms with Gasteiger partial charge in [0.25, 0.3) is 0 Å². The monoisotopic (exact) mass is 247 g/mol. The van der Waals surface area contributed by atoms with Gasteiger partial charge in [0.05, 0.1) is 10.7 Å². The van der Waals surface area contributed by atoms with E-state index in [0.717, 1.165) is 23.7 Å². The van der Waals surface area contributed by atoms with Crippen LogP contribution in [0.15, 0.2) is 29.9 Å². The van der Waals surface area contributed by atoms with Gasteiger partial charge < -0.3 is 5.32 Å². The van der Waals surface area contributed by atoms with Crippen molar-refractivity contribution in [1.29, 1.82) is 0 Å². The predicted octanol–water partition coefficient (Wildman–Crippen LogP) is 2.63. The highest BCUT2D eigenvalue weighted by Crippen LogP contribution is 2.14. The summed E-state index contributed by atoms with van der Waals surface area (Å²) in [6.07, 6.45) is 4.57. The molecule has 2 rings (SSSR count). The fourth-order valence-corrected chi connectivity index (χ4v) is 2.33. The van der Waals surface area contributed by atoms with Crippen LogP contribution in [0.3, 0.4) is 0 Å². The third-order valence-corrected chi connectivity index (χ3v) is 3.27. The van der Waals surface area contributed by atoms with Gasteiger partial charge in [-0.05, 0) is 11.6 Å². The highest BCUT2D eigenvalue weighted by atomic mass is 32.1. The van der Waals surface area contributed by atoms with Crippen molar-refractivity contribution in [3.05, 3.63) is 46.2 Å². The van der Waals surface area contributed by atoms with E-state index in [1.54, 1.807) is 17.5 Å².